The average Bonchev–Trinajstić information content (AvgIpc) is 3.39. The third-order valence-electron chi connectivity index (χ3n) is 6.64. The number of anilines is 1. The molecule has 0 saturated heterocycles. The summed E-state index contributed by atoms with van der Waals surface area (Å²) in [5.41, 5.74) is 3.72. The first-order chi connectivity index (χ1) is 16.9. The van der Waals surface area contributed by atoms with Crippen LogP contribution in [0.1, 0.15) is 62.7 Å². The van der Waals surface area contributed by atoms with Gasteiger partial charge in [0, 0.05) is 30.3 Å². The fourth-order valence-electron chi connectivity index (χ4n) is 5.19. The summed E-state index contributed by atoms with van der Waals surface area (Å²) in [4.78, 5) is 19.0. The standard InChI is InChI=1S/C25H33N5O4S2/c1-13-20(24-30-22-19(35-24)8-9-26-21(22)15-6-7-15)23(28-14(2)27-13)29-17-10-16(12-36(5,32)33)18(11-17)34-25(3,4)31/h8-9,15-18,31H,6-7,10-12H2,1-5H3,(H,27,28,29)/t16?,17?,18-/m0/s1. The number of aliphatic hydroxyl groups is 1. The van der Waals surface area contributed by atoms with Gasteiger partial charge in [-0.3, -0.25) is 4.98 Å². The Kier molecular flexibility index (Phi) is 6.55. The maximum Gasteiger partial charge on any atom is 0.160 e. The Labute approximate surface area is 215 Å². The van der Waals surface area contributed by atoms with Crippen LogP contribution in [0.2, 0.25) is 0 Å². The highest BCUT2D eigenvalue weighted by atomic mass is 32.2. The van der Waals surface area contributed by atoms with Crippen molar-refractivity contribution in [2.75, 3.05) is 17.3 Å². The number of ether oxygens (including phenoxy) is 1. The number of hydrogen-bond donors (Lipinski definition) is 2. The SMILES string of the molecule is Cc1nc(C)c(-c2nc3c(C4CC4)nccc3s2)c(NC2CC(CS(C)(=O)=O)[C@@H](OC(C)(C)O)C2)n1. The monoisotopic (exact) mass is 531 g/mol. The third kappa shape index (κ3) is 5.69. The minimum atomic E-state index is -3.21. The largest absolute Gasteiger partial charge is 0.367 e. The number of nitrogens with one attached hydrogen (secondary N) is 1. The average molecular weight is 532 g/mol. The first-order valence-electron chi connectivity index (χ1n) is 12.3. The summed E-state index contributed by atoms with van der Waals surface area (Å²) in [6.07, 6.45) is 6.16. The highest BCUT2D eigenvalue weighted by molar-refractivity contribution is 7.90. The maximum atomic E-state index is 12.1. The van der Waals surface area contributed by atoms with Crippen LogP contribution in [-0.2, 0) is 14.6 Å². The highest BCUT2D eigenvalue weighted by Crippen LogP contribution is 2.44. The van der Waals surface area contributed by atoms with Crippen LogP contribution in [0, 0.1) is 19.8 Å². The molecule has 2 N–H and O–H groups in total. The van der Waals surface area contributed by atoms with Gasteiger partial charge in [0.15, 0.2) is 5.79 Å². The number of sulfone groups is 1. The first kappa shape index (κ1) is 25.4. The van der Waals surface area contributed by atoms with Crippen molar-refractivity contribution in [3.05, 3.63) is 29.5 Å². The molecule has 2 aliphatic rings. The Morgan fingerprint density at radius 3 is 2.61 bits per heavy atom. The molecule has 11 heteroatoms. The summed E-state index contributed by atoms with van der Waals surface area (Å²) in [5, 5.41) is 14.6. The number of pyridine rings is 1. The molecule has 2 unspecified atom stereocenters. The molecule has 3 aromatic rings. The zero-order valence-electron chi connectivity index (χ0n) is 21.3. The van der Waals surface area contributed by atoms with E-state index in [9.17, 15) is 13.5 Å². The summed E-state index contributed by atoms with van der Waals surface area (Å²) < 4.78 is 31.1. The second-order valence-electron chi connectivity index (χ2n) is 10.7. The van der Waals surface area contributed by atoms with Gasteiger partial charge in [0.2, 0.25) is 0 Å². The van der Waals surface area contributed by atoms with Crippen molar-refractivity contribution in [2.24, 2.45) is 5.92 Å². The van der Waals surface area contributed by atoms with Crippen LogP contribution < -0.4 is 5.32 Å². The molecule has 194 valence electrons. The molecule has 2 aliphatic carbocycles. The molecule has 0 radical (unpaired) electrons. The molecule has 2 fully saturated rings. The van der Waals surface area contributed by atoms with Gasteiger partial charge >= 0.3 is 0 Å². The minimum Gasteiger partial charge on any atom is -0.367 e. The molecule has 9 nitrogen and oxygen atoms in total. The van der Waals surface area contributed by atoms with Crippen LogP contribution in [-0.4, -0.2) is 63.4 Å². The molecule has 5 rings (SSSR count). The van der Waals surface area contributed by atoms with Crippen LogP contribution in [0.15, 0.2) is 12.3 Å². The van der Waals surface area contributed by atoms with Crippen molar-refractivity contribution in [2.45, 2.75) is 77.2 Å². The molecule has 3 atom stereocenters. The lowest BCUT2D eigenvalue weighted by Gasteiger charge is -2.27. The number of thiazole rings is 1. The van der Waals surface area contributed by atoms with Crippen LogP contribution in [0.25, 0.3) is 20.8 Å². The summed E-state index contributed by atoms with van der Waals surface area (Å²) in [6, 6.07) is 1.93. The van der Waals surface area contributed by atoms with Gasteiger partial charge in [0.1, 0.15) is 32.0 Å². The molecule has 0 aromatic carbocycles. The fraction of sp³-hybridized carbons (Fsp3) is 0.600. The smallest absolute Gasteiger partial charge is 0.160 e. The van der Waals surface area contributed by atoms with Crippen LogP contribution >= 0.6 is 11.3 Å². The van der Waals surface area contributed by atoms with E-state index in [4.69, 9.17) is 14.7 Å². The van der Waals surface area contributed by atoms with Crippen molar-refractivity contribution in [1.29, 1.82) is 0 Å². The van der Waals surface area contributed by atoms with Crippen molar-refractivity contribution >= 4 is 37.2 Å². The molecule has 3 aromatic heterocycles. The zero-order chi connectivity index (χ0) is 25.8. The van der Waals surface area contributed by atoms with Crippen molar-refractivity contribution < 1.29 is 18.3 Å². The van der Waals surface area contributed by atoms with Crippen LogP contribution in [0.4, 0.5) is 5.82 Å². The van der Waals surface area contributed by atoms with Gasteiger partial charge in [0.25, 0.3) is 0 Å². The van der Waals surface area contributed by atoms with Gasteiger partial charge in [-0.1, -0.05) is 0 Å². The molecule has 0 aliphatic heterocycles. The molecule has 36 heavy (non-hydrogen) atoms. The minimum absolute atomic E-state index is 0.00935. The number of aromatic nitrogens is 4. The number of nitrogens with zero attached hydrogens (tertiary/aromatic N) is 4. The third-order valence-corrected chi connectivity index (χ3v) is 8.71. The van der Waals surface area contributed by atoms with Gasteiger partial charge in [-0.05, 0) is 59.4 Å². The molecule has 3 heterocycles. The summed E-state index contributed by atoms with van der Waals surface area (Å²) >= 11 is 1.61. The summed E-state index contributed by atoms with van der Waals surface area (Å²) in [7, 11) is -3.21. The highest BCUT2D eigenvalue weighted by Gasteiger charge is 2.40. The van der Waals surface area contributed by atoms with Crippen molar-refractivity contribution in [3.8, 4) is 10.6 Å². The lowest BCUT2D eigenvalue weighted by molar-refractivity contribution is -0.210. The van der Waals surface area contributed by atoms with Gasteiger partial charge < -0.3 is 15.2 Å². The van der Waals surface area contributed by atoms with E-state index >= 15 is 0 Å². The Morgan fingerprint density at radius 1 is 1.19 bits per heavy atom. The molecule has 0 amide bonds. The second-order valence-corrected chi connectivity index (χ2v) is 13.9. The van der Waals surface area contributed by atoms with E-state index in [0.29, 0.717) is 30.4 Å². The Hall–Kier alpha value is -2.21. The van der Waals surface area contributed by atoms with Crippen LogP contribution in [0.5, 0.6) is 0 Å². The maximum absolute atomic E-state index is 12.1. The lowest BCUT2D eigenvalue weighted by Crippen LogP contribution is -2.34. The van der Waals surface area contributed by atoms with Crippen molar-refractivity contribution in [1.82, 2.24) is 19.9 Å². The predicted molar refractivity (Wildman–Crippen MR) is 141 cm³/mol. The van der Waals surface area contributed by atoms with E-state index in [1.165, 1.54) is 6.26 Å². The number of fused-ring (bicyclic) bond motifs is 1. The predicted octanol–water partition coefficient (Wildman–Crippen LogP) is 3.99. The molecular weight excluding hydrogens is 498 g/mol. The zero-order valence-corrected chi connectivity index (χ0v) is 22.9. The molecule has 2 saturated carbocycles. The molecule has 0 spiro atoms. The van der Waals surface area contributed by atoms with E-state index in [1.54, 1.807) is 25.2 Å². The number of rotatable bonds is 8. The lowest BCUT2D eigenvalue weighted by atomic mass is 10.1. The van der Waals surface area contributed by atoms with Gasteiger partial charge in [-0.2, -0.15) is 0 Å². The van der Waals surface area contributed by atoms with Gasteiger partial charge in [0.05, 0.1) is 33.5 Å². The topological polar surface area (TPSA) is 127 Å². The van der Waals surface area contributed by atoms with E-state index in [-0.39, 0.29) is 23.8 Å². The molecular formula is C25H33N5O4S2. The van der Waals surface area contributed by atoms with Gasteiger partial charge in [-0.25, -0.2) is 23.4 Å². The summed E-state index contributed by atoms with van der Waals surface area (Å²) in [6.45, 7) is 6.95. The Balaban J connectivity index is 1.47. The summed E-state index contributed by atoms with van der Waals surface area (Å²) in [5.74, 6) is 0.259. The van der Waals surface area contributed by atoms with Gasteiger partial charge in [-0.15, -0.1) is 11.3 Å². The van der Waals surface area contributed by atoms with Crippen LogP contribution in [0.3, 0.4) is 0 Å². The normalized spacial score (nSPS) is 22.9. The van der Waals surface area contributed by atoms with E-state index in [1.807, 2.05) is 26.1 Å². The first-order valence-corrected chi connectivity index (χ1v) is 15.2. The van der Waals surface area contributed by atoms with E-state index in [0.717, 1.165) is 45.0 Å². The van der Waals surface area contributed by atoms with Crippen molar-refractivity contribution in [3.63, 3.8) is 0 Å². The number of aryl methyl sites for hydroxylation is 2. The number of hydrogen-bond acceptors (Lipinski definition) is 10. The Bertz CT molecular complexity index is 1400. The second kappa shape index (κ2) is 9.27. The molecule has 0 bridgehead atoms. The fourth-order valence-corrected chi connectivity index (χ4v) is 7.38. The Morgan fingerprint density at radius 2 is 1.94 bits per heavy atom. The quantitative estimate of drug-likeness (QED) is 0.415. The van der Waals surface area contributed by atoms with E-state index < -0.39 is 15.6 Å². The van der Waals surface area contributed by atoms with E-state index in [2.05, 4.69) is 15.3 Å².